The van der Waals surface area contributed by atoms with E-state index < -0.39 is 0 Å². The van der Waals surface area contributed by atoms with E-state index in [2.05, 4.69) is 24.0 Å². The van der Waals surface area contributed by atoms with Crippen molar-refractivity contribution in [2.75, 3.05) is 0 Å². The fourth-order valence-corrected chi connectivity index (χ4v) is 2.59. The van der Waals surface area contributed by atoms with E-state index in [1.807, 2.05) is 36.5 Å². The molecule has 2 N–H and O–H groups in total. The maximum atomic E-state index is 6.11. The molecule has 1 aromatic heterocycles. The van der Waals surface area contributed by atoms with Gasteiger partial charge in [-0.25, -0.2) is 4.98 Å². The molecule has 0 spiro atoms. The van der Waals surface area contributed by atoms with Gasteiger partial charge in [-0.05, 0) is 30.2 Å². The van der Waals surface area contributed by atoms with Crippen LogP contribution in [-0.4, -0.2) is 4.98 Å². The topological polar surface area (TPSA) is 38.9 Å². The molecule has 0 aliphatic carbocycles. The lowest BCUT2D eigenvalue weighted by molar-refractivity contribution is 0.685. The Balaban J connectivity index is 2.27. The minimum absolute atomic E-state index is 0.0995. The van der Waals surface area contributed by atoms with Crippen LogP contribution in [0.1, 0.15) is 24.9 Å². The summed E-state index contributed by atoms with van der Waals surface area (Å²) in [4.78, 5) is 5.52. The van der Waals surface area contributed by atoms with Crippen LogP contribution in [0.3, 0.4) is 0 Å². The fraction of sp³-hybridized carbons (Fsp3) is 0.214. The van der Waals surface area contributed by atoms with Crippen LogP contribution in [0.15, 0.2) is 58.6 Å². The second kappa shape index (κ2) is 5.84. The van der Waals surface area contributed by atoms with Gasteiger partial charge in [0, 0.05) is 17.1 Å². The molecule has 0 fully saturated rings. The van der Waals surface area contributed by atoms with Crippen LogP contribution in [0.25, 0.3) is 0 Å². The van der Waals surface area contributed by atoms with Gasteiger partial charge in [-0.3, -0.25) is 0 Å². The highest BCUT2D eigenvalue weighted by Crippen LogP contribution is 2.32. The lowest BCUT2D eigenvalue weighted by Crippen LogP contribution is -2.09. The van der Waals surface area contributed by atoms with Crippen LogP contribution >= 0.6 is 11.8 Å². The maximum absolute atomic E-state index is 6.11. The molecule has 0 bridgehead atoms. The second-order valence-electron chi connectivity index (χ2n) is 3.82. The van der Waals surface area contributed by atoms with Crippen LogP contribution in [0.5, 0.6) is 0 Å². The molecule has 1 aromatic carbocycles. The molecule has 2 nitrogen and oxygen atoms in total. The Labute approximate surface area is 106 Å². The third-order valence-corrected chi connectivity index (χ3v) is 3.65. The van der Waals surface area contributed by atoms with E-state index in [0.29, 0.717) is 0 Å². The number of benzene rings is 1. The summed E-state index contributed by atoms with van der Waals surface area (Å²) >= 11 is 1.67. The first kappa shape index (κ1) is 12.1. The number of pyridine rings is 1. The molecule has 0 aliphatic rings. The molecule has 2 aromatic rings. The Morgan fingerprint density at radius 3 is 2.65 bits per heavy atom. The zero-order valence-corrected chi connectivity index (χ0v) is 10.7. The monoisotopic (exact) mass is 244 g/mol. The highest BCUT2D eigenvalue weighted by Gasteiger charge is 2.09. The Hall–Kier alpha value is -1.32. The quantitative estimate of drug-likeness (QED) is 0.892. The summed E-state index contributed by atoms with van der Waals surface area (Å²) in [5, 5.41) is 1.00. The van der Waals surface area contributed by atoms with Gasteiger partial charge in [0.15, 0.2) is 0 Å². The van der Waals surface area contributed by atoms with Crippen molar-refractivity contribution in [2.24, 2.45) is 5.73 Å². The molecule has 1 heterocycles. The van der Waals surface area contributed by atoms with Crippen molar-refractivity contribution in [1.29, 1.82) is 0 Å². The van der Waals surface area contributed by atoms with Crippen molar-refractivity contribution in [3.05, 3.63) is 54.2 Å². The first-order valence-corrected chi connectivity index (χ1v) is 6.56. The minimum atomic E-state index is 0.0995. The normalized spacial score (nSPS) is 12.4. The van der Waals surface area contributed by atoms with E-state index in [9.17, 15) is 0 Å². The largest absolute Gasteiger partial charge is 0.324 e. The van der Waals surface area contributed by atoms with Crippen LogP contribution < -0.4 is 5.73 Å². The first-order chi connectivity index (χ1) is 8.31. The molecule has 0 saturated heterocycles. The van der Waals surface area contributed by atoms with Gasteiger partial charge in [0.1, 0.15) is 5.03 Å². The molecule has 0 amide bonds. The SMILES string of the molecule is CCC(N)c1ccccc1Sc1ccccn1. The highest BCUT2D eigenvalue weighted by molar-refractivity contribution is 7.99. The first-order valence-electron chi connectivity index (χ1n) is 5.74. The molecule has 1 atom stereocenters. The lowest BCUT2D eigenvalue weighted by atomic mass is 10.1. The fourth-order valence-electron chi connectivity index (χ4n) is 1.62. The summed E-state index contributed by atoms with van der Waals surface area (Å²) in [6.45, 7) is 2.10. The van der Waals surface area contributed by atoms with Crippen molar-refractivity contribution < 1.29 is 0 Å². The van der Waals surface area contributed by atoms with Gasteiger partial charge in [0.25, 0.3) is 0 Å². The summed E-state index contributed by atoms with van der Waals surface area (Å²) in [7, 11) is 0. The van der Waals surface area contributed by atoms with E-state index in [1.165, 1.54) is 10.5 Å². The Bertz CT molecular complexity index is 471. The molecule has 17 heavy (non-hydrogen) atoms. The van der Waals surface area contributed by atoms with Gasteiger partial charge in [-0.1, -0.05) is 43.0 Å². The number of nitrogens with zero attached hydrogens (tertiary/aromatic N) is 1. The average molecular weight is 244 g/mol. The lowest BCUT2D eigenvalue weighted by Gasteiger charge is -2.13. The smallest absolute Gasteiger partial charge is 0.101 e. The molecule has 1 unspecified atom stereocenters. The van der Waals surface area contributed by atoms with E-state index in [4.69, 9.17) is 5.73 Å². The van der Waals surface area contributed by atoms with E-state index in [-0.39, 0.29) is 6.04 Å². The second-order valence-corrected chi connectivity index (χ2v) is 4.88. The van der Waals surface area contributed by atoms with E-state index in [0.717, 1.165) is 11.4 Å². The van der Waals surface area contributed by atoms with Gasteiger partial charge < -0.3 is 5.73 Å². The zero-order chi connectivity index (χ0) is 12.1. The van der Waals surface area contributed by atoms with Crippen LogP contribution in [0.2, 0.25) is 0 Å². The summed E-state index contributed by atoms with van der Waals surface area (Å²) < 4.78 is 0. The molecule has 0 aliphatic heterocycles. The van der Waals surface area contributed by atoms with Gasteiger partial charge in [-0.15, -0.1) is 0 Å². The summed E-state index contributed by atoms with van der Waals surface area (Å²) in [6.07, 6.45) is 2.75. The minimum Gasteiger partial charge on any atom is -0.324 e. The van der Waals surface area contributed by atoms with E-state index >= 15 is 0 Å². The number of nitrogens with two attached hydrogens (primary N) is 1. The molecule has 88 valence electrons. The zero-order valence-electron chi connectivity index (χ0n) is 9.84. The summed E-state index contributed by atoms with van der Waals surface area (Å²) in [5.41, 5.74) is 7.31. The standard InChI is InChI=1S/C14H16N2S/c1-2-12(15)11-7-3-4-8-13(11)17-14-9-5-6-10-16-14/h3-10,12H,2,15H2,1H3. The van der Waals surface area contributed by atoms with Crippen molar-refractivity contribution in [2.45, 2.75) is 29.3 Å². The molecular weight excluding hydrogens is 228 g/mol. The van der Waals surface area contributed by atoms with Crippen LogP contribution in [0, 0.1) is 0 Å². The predicted molar refractivity (Wildman–Crippen MR) is 72.0 cm³/mol. The summed E-state index contributed by atoms with van der Waals surface area (Å²) in [5.74, 6) is 0. The Morgan fingerprint density at radius 1 is 1.18 bits per heavy atom. The maximum Gasteiger partial charge on any atom is 0.101 e. The van der Waals surface area contributed by atoms with Crippen molar-refractivity contribution in [3.8, 4) is 0 Å². The molecule has 0 saturated carbocycles. The molecule has 2 rings (SSSR count). The molecule has 3 heteroatoms. The van der Waals surface area contributed by atoms with Crippen LogP contribution in [0.4, 0.5) is 0 Å². The third-order valence-electron chi connectivity index (χ3n) is 2.61. The molecule has 0 radical (unpaired) electrons. The predicted octanol–water partition coefficient (Wildman–Crippen LogP) is 3.64. The van der Waals surface area contributed by atoms with Crippen molar-refractivity contribution in [3.63, 3.8) is 0 Å². The van der Waals surface area contributed by atoms with Gasteiger partial charge in [0.05, 0.1) is 0 Å². The van der Waals surface area contributed by atoms with Gasteiger partial charge in [0.2, 0.25) is 0 Å². The number of hydrogen-bond donors (Lipinski definition) is 1. The molecular formula is C14H16N2S. The highest BCUT2D eigenvalue weighted by atomic mass is 32.2. The average Bonchev–Trinajstić information content (AvgIpc) is 2.40. The summed E-state index contributed by atoms with van der Waals surface area (Å²) in [6, 6.07) is 14.3. The van der Waals surface area contributed by atoms with Crippen molar-refractivity contribution in [1.82, 2.24) is 4.98 Å². The Morgan fingerprint density at radius 2 is 1.94 bits per heavy atom. The Kier molecular flexibility index (Phi) is 4.18. The number of hydrogen-bond acceptors (Lipinski definition) is 3. The number of aromatic nitrogens is 1. The van der Waals surface area contributed by atoms with Gasteiger partial charge >= 0.3 is 0 Å². The number of rotatable bonds is 4. The third kappa shape index (κ3) is 3.08. The van der Waals surface area contributed by atoms with Gasteiger partial charge in [-0.2, -0.15) is 0 Å². The van der Waals surface area contributed by atoms with Crippen LogP contribution in [-0.2, 0) is 0 Å². The van der Waals surface area contributed by atoms with E-state index in [1.54, 1.807) is 11.8 Å². The van der Waals surface area contributed by atoms with Crippen molar-refractivity contribution >= 4 is 11.8 Å².